The van der Waals surface area contributed by atoms with E-state index in [0.717, 1.165) is 0 Å². The van der Waals surface area contributed by atoms with Gasteiger partial charge in [0.2, 0.25) is 0 Å². The number of halogens is 1. The number of benzene rings is 1. The SMILES string of the molecule is COc1cccc(F)c1C(C)NC(=O)c1ccnc(-n2cncn2)c1. The number of nitrogens with one attached hydrogen (secondary N) is 1. The van der Waals surface area contributed by atoms with Crippen LogP contribution in [0.1, 0.15) is 28.9 Å². The summed E-state index contributed by atoms with van der Waals surface area (Å²) in [7, 11) is 1.46. The lowest BCUT2D eigenvalue weighted by molar-refractivity contribution is 0.0939. The van der Waals surface area contributed by atoms with E-state index in [-0.39, 0.29) is 5.91 Å². The second-order valence-corrected chi connectivity index (χ2v) is 5.29. The molecule has 3 aromatic rings. The van der Waals surface area contributed by atoms with E-state index in [0.29, 0.717) is 22.7 Å². The summed E-state index contributed by atoms with van der Waals surface area (Å²) in [6, 6.07) is 7.11. The van der Waals surface area contributed by atoms with E-state index in [1.165, 1.54) is 36.7 Å². The van der Waals surface area contributed by atoms with Gasteiger partial charge in [0.05, 0.1) is 18.7 Å². The molecule has 8 heteroatoms. The molecular weight excluding hydrogens is 325 g/mol. The number of nitrogens with zero attached hydrogens (tertiary/aromatic N) is 4. The molecule has 0 saturated carbocycles. The number of carbonyl (C=O) groups is 1. The zero-order valence-electron chi connectivity index (χ0n) is 13.7. The molecule has 128 valence electrons. The molecule has 25 heavy (non-hydrogen) atoms. The fraction of sp³-hybridized carbons (Fsp3) is 0.176. The minimum Gasteiger partial charge on any atom is -0.496 e. The fourth-order valence-electron chi connectivity index (χ4n) is 2.48. The minimum atomic E-state index is -0.577. The highest BCUT2D eigenvalue weighted by Gasteiger charge is 2.19. The molecule has 0 saturated heterocycles. The first-order valence-corrected chi connectivity index (χ1v) is 7.54. The maximum Gasteiger partial charge on any atom is 0.251 e. The summed E-state index contributed by atoms with van der Waals surface area (Å²) >= 11 is 0. The van der Waals surface area contributed by atoms with Crippen molar-refractivity contribution in [2.24, 2.45) is 0 Å². The molecule has 0 aliphatic carbocycles. The smallest absolute Gasteiger partial charge is 0.251 e. The Labute approximate surface area is 143 Å². The minimum absolute atomic E-state index is 0.295. The van der Waals surface area contributed by atoms with Crippen molar-refractivity contribution < 1.29 is 13.9 Å². The average Bonchev–Trinajstić information content (AvgIpc) is 3.16. The topological polar surface area (TPSA) is 81.9 Å². The van der Waals surface area contributed by atoms with Gasteiger partial charge in [0.1, 0.15) is 24.2 Å². The van der Waals surface area contributed by atoms with Gasteiger partial charge in [-0.05, 0) is 31.2 Å². The van der Waals surface area contributed by atoms with Crippen LogP contribution in [0.5, 0.6) is 5.75 Å². The molecule has 0 bridgehead atoms. The van der Waals surface area contributed by atoms with Gasteiger partial charge in [0, 0.05) is 11.8 Å². The van der Waals surface area contributed by atoms with Gasteiger partial charge in [-0.3, -0.25) is 4.79 Å². The number of ether oxygens (including phenoxy) is 1. The molecular formula is C17H16FN5O2. The molecule has 3 rings (SSSR count). The zero-order valence-corrected chi connectivity index (χ0v) is 13.7. The Hall–Kier alpha value is -3.29. The lowest BCUT2D eigenvalue weighted by atomic mass is 10.1. The van der Waals surface area contributed by atoms with E-state index >= 15 is 0 Å². The molecule has 0 aliphatic heterocycles. The van der Waals surface area contributed by atoms with Crippen molar-refractivity contribution >= 4 is 5.91 Å². The second-order valence-electron chi connectivity index (χ2n) is 5.29. The summed E-state index contributed by atoms with van der Waals surface area (Å²) in [6.07, 6.45) is 4.36. The Morgan fingerprint density at radius 1 is 1.36 bits per heavy atom. The van der Waals surface area contributed by atoms with Crippen LogP contribution in [0.25, 0.3) is 5.82 Å². The summed E-state index contributed by atoms with van der Waals surface area (Å²) in [5.74, 6) is 0.0406. The highest BCUT2D eigenvalue weighted by atomic mass is 19.1. The highest BCUT2D eigenvalue weighted by Crippen LogP contribution is 2.27. The van der Waals surface area contributed by atoms with Crippen molar-refractivity contribution in [3.8, 4) is 11.6 Å². The Kier molecular flexibility index (Phi) is 4.69. The van der Waals surface area contributed by atoms with Crippen molar-refractivity contribution in [1.29, 1.82) is 0 Å². The Morgan fingerprint density at radius 3 is 2.92 bits per heavy atom. The zero-order chi connectivity index (χ0) is 17.8. The highest BCUT2D eigenvalue weighted by molar-refractivity contribution is 5.94. The van der Waals surface area contributed by atoms with E-state index in [2.05, 4.69) is 20.4 Å². The van der Waals surface area contributed by atoms with E-state index < -0.39 is 11.9 Å². The van der Waals surface area contributed by atoms with Crippen molar-refractivity contribution in [3.63, 3.8) is 0 Å². The van der Waals surface area contributed by atoms with Crippen LogP contribution in [-0.2, 0) is 0 Å². The molecule has 0 aliphatic rings. The van der Waals surface area contributed by atoms with Gasteiger partial charge in [-0.15, -0.1) is 0 Å². The molecule has 0 radical (unpaired) electrons. The van der Waals surface area contributed by atoms with Crippen LogP contribution < -0.4 is 10.1 Å². The van der Waals surface area contributed by atoms with Gasteiger partial charge >= 0.3 is 0 Å². The Balaban J connectivity index is 1.82. The summed E-state index contributed by atoms with van der Waals surface area (Å²) in [4.78, 5) is 20.5. The predicted molar refractivity (Wildman–Crippen MR) is 88.0 cm³/mol. The van der Waals surface area contributed by atoms with E-state index in [9.17, 15) is 9.18 Å². The van der Waals surface area contributed by atoms with Crippen LogP contribution in [-0.4, -0.2) is 32.8 Å². The van der Waals surface area contributed by atoms with Crippen LogP contribution in [0.2, 0.25) is 0 Å². The largest absolute Gasteiger partial charge is 0.496 e. The Morgan fingerprint density at radius 2 is 2.20 bits per heavy atom. The maximum absolute atomic E-state index is 14.1. The van der Waals surface area contributed by atoms with Gasteiger partial charge in [0.15, 0.2) is 5.82 Å². The Bertz CT molecular complexity index is 883. The lowest BCUT2D eigenvalue weighted by Gasteiger charge is -2.18. The molecule has 0 fully saturated rings. The van der Waals surface area contributed by atoms with Gasteiger partial charge in [0.25, 0.3) is 5.91 Å². The molecule has 1 atom stereocenters. The number of carbonyl (C=O) groups excluding carboxylic acids is 1. The van der Waals surface area contributed by atoms with Crippen LogP contribution in [0.3, 0.4) is 0 Å². The number of hydrogen-bond donors (Lipinski definition) is 1. The van der Waals surface area contributed by atoms with Crippen molar-refractivity contribution in [3.05, 3.63) is 66.1 Å². The quantitative estimate of drug-likeness (QED) is 0.770. The second kappa shape index (κ2) is 7.08. The predicted octanol–water partition coefficient (Wildman–Crippen LogP) is 2.30. The monoisotopic (exact) mass is 341 g/mol. The van der Waals surface area contributed by atoms with Crippen molar-refractivity contribution in [2.75, 3.05) is 7.11 Å². The summed E-state index contributed by atoms with van der Waals surface area (Å²) < 4.78 is 20.8. The first kappa shape index (κ1) is 16.6. The van der Waals surface area contributed by atoms with Crippen LogP contribution in [0, 0.1) is 5.82 Å². The standard InChI is InChI=1S/C17H16FN5O2/c1-11(16-13(18)4-3-5-14(16)25-2)22-17(24)12-6-7-20-15(8-12)23-10-19-9-21-23/h3-11H,1-2H3,(H,22,24). The van der Waals surface area contributed by atoms with Gasteiger partial charge in [-0.2, -0.15) is 5.10 Å². The third-order valence-electron chi connectivity index (χ3n) is 3.67. The molecule has 1 amide bonds. The molecule has 2 heterocycles. The number of aromatic nitrogens is 4. The lowest BCUT2D eigenvalue weighted by Crippen LogP contribution is -2.27. The number of pyridine rings is 1. The van der Waals surface area contributed by atoms with Crippen LogP contribution in [0.4, 0.5) is 4.39 Å². The van der Waals surface area contributed by atoms with Crippen molar-refractivity contribution in [2.45, 2.75) is 13.0 Å². The van der Waals surface area contributed by atoms with Gasteiger partial charge in [-0.25, -0.2) is 19.0 Å². The van der Waals surface area contributed by atoms with E-state index in [4.69, 9.17) is 4.74 Å². The van der Waals surface area contributed by atoms with E-state index in [1.54, 1.807) is 31.2 Å². The molecule has 7 nitrogen and oxygen atoms in total. The summed E-state index contributed by atoms with van der Waals surface area (Å²) in [6.45, 7) is 1.69. The van der Waals surface area contributed by atoms with Gasteiger partial charge < -0.3 is 10.1 Å². The molecule has 1 unspecified atom stereocenters. The molecule has 1 aromatic carbocycles. The first-order valence-electron chi connectivity index (χ1n) is 7.54. The first-order chi connectivity index (χ1) is 12.1. The van der Waals surface area contributed by atoms with Crippen LogP contribution >= 0.6 is 0 Å². The number of amides is 1. The molecule has 0 spiro atoms. The average molecular weight is 341 g/mol. The maximum atomic E-state index is 14.1. The summed E-state index contributed by atoms with van der Waals surface area (Å²) in [5, 5.41) is 6.74. The van der Waals surface area contributed by atoms with Crippen molar-refractivity contribution in [1.82, 2.24) is 25.1 Å². The molecule has 1 N–H and O–H groups in total. The number of methoxy groups -OCH3 is 1. The number of hydrogen-bond acceptors (Lipinski definition) is 5. The third kappa shape index (κ3) is 3.47. The normalized spacial score (nSPS) is 11.8. The van der Waals surface area contributed by atoms with Gasteiger partial charge in [-0.1, -0.05) is 6.07 Å². The van der Waals surface area contributed by atoms with E-state index in [1.807, 2.05) is 0 Å². The fourth-order valence-corrected chi connectivity index (χ4v) is 2.48. The van der Waals surface area contributed by atoms with Crippen LogP contribution in [0.15, 0.2) is 49.2 Å². The third-order valence-corrected chi connectivity index (χ3v) is 3.67. The summed E-state index contributed by atoms with van der Waals surface area (Å²) in [5.41, 5.74) is 0.673. The molecule has 2 aromatic heterocycles. The number of rotatable bonds is 5.